The zero-order valence-corrected chi connectivity index (χ0v) is 58.7. The molecule has 5 aromatic carbocycles. The van der Waals surface area contributed by atoms with Crippen molar-refractivity contribution in [3.05, 3.63) is 171 Å². The number of piperazine rings is 1. The highest BCUT2D eigenvalue weighted by Crippen LogP contribution is 2.43. The van der Waals surface area contributed by atoms with Crippen LogP contribution >= 0.6 is 34.7 Å². The lowest BCUT2D eigenvalue weighted by molar-refractivity contribution is -0.143. The van der Waals surface area contributed by atoms with Crippen molar-refractivity contribution < 1.29 is 29.0 Å². The molecule has 4 aliphatic rings. The Bertz CT molecular complexity index is 3760. The molecule has 1 unspecified atom stereocenters. The summed E-state index contributed by atoms with van der Waals surface area (Å²) in [5, 5.41) is 21.5. The fourth-order valence-corrected chi connectivity index (χ4v) is 15.2. The van der Waals surface area contributed by atoms with Gasteiger partial charge in [-0.15, -0.1) is 23.1 Å². The molecule has 4 heterocycles. The van der Waals surface area contributed by atoms with E-state index in [0.29, 0.717) is 17.1 Å². The predicted octanol–water partition coefficient (Wildman–Crippen LogP) is 13.1. The minimum atomic E-state index is -0.918. The van der Waals surface area contributed by atoms with Gasteiger partial charge in [0.15, 0.2) is 5.78 Å². The lowest BCUT2D eigenvalue weighted by Crippen LogP contribution is -2.56. The van der Waals surface area contributed by atoms with E-state index in [0.717, 1.165) is 141 Å². The lowest BCUT2D eigenvalue weighted by atomic mass is 9.72. The molecule has 0 saturated carbocycles. The van der Waals surface area contributed by atoms with Gasteiger partial charge in [0.25, 0.3) is 5.91 Å². The number of anilines is 2. The minimum absolute atomic E-state index is 0.0283. The van der Waals surface area contributed by atoms with E-state index in [4.69, 9.17) is 16.3 Å². The Morgan fingerprint density at radius 2 is 1.60 bits per heavy atom. The normalized spacial score (nSPS) is 19.6. The standard InChI is InChI=1S/C78H93ClN8O6S2/c1-54(58-19-21-60(22-20-58)73-56(3)81-53-95-73)46-71(89)70-47-66(88)51-87(70)76(92)74(77(4,5)6)83-72(90)17-13-8-9-14-34-78(7)35-32-68(59-23-27-63(79)28-24-59)62(48-78)50-85-37-39-86(40-38-85)65-29-25-61(26-30-65)75(91)80-49-57-18-31-69(55(2)45-57)82-64(33-36-84-41-43-93-44-42-84)52-94-67-15-11-10-12-16-67/h10-12,15-16,18-31,45,53-54,64,66,70,74,82,88H,13,17,32-33,35-44,46-52H2,1-7H3,(H,80,91)(H,83,90)/t54-,64-,66-,70+,74-,78?/m1/s1. The minimum Gasteiger partial charge on any atom is -0.391 e. The van der Waals surface area contributed by atoms with Crippen LogP contribution in [-0.4, -0.2) is 150 Å². The average molecular weight is 1340 g/mol. The van der Waals surface area contributed by atoms with Crippen LogP contribution in [0.2, 0.25) is 5.02 Å². The van der Waals surface area contributed by atoms with Gasteiger partial charge in [0.05, 0.1) is 41.4 Å². The van der Waals surface area contributed by atoms with Gasteiger partial charge in [-0.2, -0.15) is 0 Å². The third kappa shape index (κ3) is 19.7. The summed E-state index contributed by atoms with van der Waals surface area (Å²) in [7, 11) is 0. The van der Waals surface area contributed by atoms with Gasteiger partial charge in [0, 0.05) is 135 Å². The number of likely N-dealkylation sites (tertiary alicyclic amines) is 1. The summed E-state index contributed by atoms with van der Waals surface area (Å²) >= 11 is 9.87. The molecule has 1 aromatic heterocycles. The quantitative estimate of drug-likeness (QED) is 0.0336. The number of aliphatic hydroxyl groups excluding tert-OH is 1. The zero-order valence-electron chi connectivity index (χ0n) is 56.3. The molecule has 0 spiro atoms. The third-order valence-electron chi connectivity index (χ3n) is 19.0. The van der Waals surface area contributed by atoms with Crippen molar-refractivity contribution in [3.8, 4) is 34.1 Å². The summed E-state index contributed by atoms with van der Waals surface area (Å²) in [6, 6.07) is 40.0. The van der Waals surface area contributed by atoms with E-state index < -0.39 is 23.6 Å². The second-order valence-corrected chi connectivity index (χ2v) is 29.8. The molecule has 17 heteroatoms. The van der Waals surface area contributed by atoms with Gasteiger partial charge in [-0.05, 0) is 158 Å². The van der Waals surface area contributed by atoms with Crippen LogP contribution in [0.4, 0.5) is 11.4 Å². The molecule has 1 aliphatic carbocycles. The number of ketones is 1. The number of benzene rings is 5. The van der Waals surface area contributed by atoms with Crippen molar-refractivity contribution in [1.82, 2.24) is 30.3 Å². The van der Waals surface area contributed by atoms with E-state index in [1.165, 1.54) is 26.5 Å². The summed E-state index contributed by atoms with van der Waals surface area (Å²) in [6.45, 7) is 23.4. The third-order valence-corrected chi connectivity index (χ3v) is 21.4. The van der Waals surface area contributed by atoms with Crippen LogP contribution in [0.5, 0.6) is 0 Å². The Kier molecular flexibility index (Phi) is 24.6. The number of thiazole rings is 1. The Hall–Kier alpha value is -7.25. The smallest absolute Gasteiger partial charge is 0.251 e. The summed E-state index contributed by atoms with van der Waals surface area (Å²) in [5.41, 5.74) is 12.9. The van der Waals surface area contributed by atoms with Crippen molar-refractivity contribution in [3.63, 3.8) is 0 Å². The van der Waals surface area contributed by atoms with E-state index in [-0.39, 0.29) is 73.1 Å². The van der Waals surface area contributed by atoms with Crippen molar-refractivity contribution >= 4 is 75.2 Å². The maximum Gasteiger partial charge on any atom is 0.251 e. The molecular weight excluding hydrogens is 1240 g/mol. The van der Waals surface area contributed by atoms with Crippen LogP contribution in [-0.2, 0) is 25.7 Å². The highest BCUT2D eigenvalue weighted by Gasteiger charge is 2.44. The van der Waals surface area contributed by atoms with Gasteiger partial charge < -0.3 is 35.6 Å². The highest BCUT2D eigenvalue weighted by atomic mass is 35.5. The zero-order chi connectivity index (χ0) is 67.1. The number of aryl methyl sites for hydroxylation is 2. The summed E-state index contributed by atoms with van der Waals surface area (Å²) in [6.07, 6.45) is 3.43. The first-order valence-corrected chi connectivity index (χ1v) is 36.0. The topological polar surface area (TPSA) is 160 Å². The van der Waals surface area contributed by atoms with Gasteiger partial charge in [-0.3, -0.25) is 29.0 Å². The molecule has 3 aliphatic heterocycles. The van der Waals surface area contributed by atoms with Gasteiger partial charge in [0.1, 0.15) is 6.04 Å². The molecule has 6 atom stereocenters. The van der Waals surface area contributed by atoms with E-state index in [1.54, 1.807) is 11.3 Å². The van der Waals surface area contributed by atoms with Crippen LogP contribution in [0.1, 0.15) is 130 Å². The fourth-order valence-electron chi connectivity index (χ4n) is 13.3. The number of hydrogen-bond donors (Lipinski definition) is 4. The van der Waals surface area contributed by atoms with Crippen molar-refractivity contribution in [2.75, 3.05) is 88.1 Å². The van der Waals surface area contributed by atoms with E-state index in [1.807, 2.05) is 88.3 Å². The van der Waals surface area contributed by atoms with E-state index in [9.17, 15) is 24.3 Å². The number of aromatic nitrogens is 1. The first kappa shape index (κ1) is 70.5. The van der Waals surface area contributed by atoms with Crippen LogP contribution in [0.3, 0.4) is 0 Å². The first-order chi connectivity index (χ1) is 45.7. The van der Waals surface area contributed by atoms with Crippen molar-refractivity contribution in [2.45, 2.75) is 141 Å². The molecular formula is C78H93ClN8O6S2. The Balaban J connectivity index is 0.687. The molecule has 3 amide bonds. The number of Topliss-reactive ketones (excluding diaryl/α,β-unsaturated/α-hetero) is 1. The van der Waals surface area contributed by atoms with Crippen LogP contribution in [0.15, 0.2) is 137 Å². The molecule has 14 nitrogen and oxygen atoms in total. The van der Waals surface area contributed by atoms with Crippen molar-refractivity contribution in [2.24, 2.45) is 10.8 Å². The second-order valence-electron chi connectivity index (χ2n) is 27.5. The number of halogens is 1. The predicted molar refractivity (Wildman–Crippen MR) is 387 cm³/mol. The number of carbonyl (C=O) groups is 4. The van der Waals surface area contributed by atoms with Crippen molar-refractivity contribution in [1.29, 1.82) is 0 Å². The molecule has 3 saturated heterocycles. The second kappa shape index (κ2) is 33.1. The number of amides is 3. The number of nitrogens with one attached hydrogen (secondary N) is 3. The largest absolute Gasteiger partial charge is 0.391 e. The number of thioether (sulfide) groups is 1. The molecule has 10 rings (SSSR count). The van der Waals surface area contributed by atoms with Crippen LogP contribution < -0.4 is 20.9 Å². The number of rotatable bonds is 24. The summed E-state index contributed by atoms with van der Waals surface area (Å²) < 4.78 is 5.59. The van der Waals surface area contributed by atoms with Gasteiger partial charge in [-0.25, -0.2) is 4.98 Å². The number of hydrogen-bond acceptors (Lipinski definition) is 13. The van der Waals surface area contributed by atoms with Crippen LogP contribution in [0.25, 0.3) is 16.0 Å². The number of nitrogens with zero attached hydrogens (tertiary/aromatic N) is 5. The van der Waals surface area contributed by atoms with E-state index in [2.05, 4.69) is 158 Å². The van der Waals surface area contributed by atoms with E-state index >= 15 is 0 Å². The number of carbonyl (C=O) groups excluding carboxylic acids is 4. The monoisotopic (exact) mass is 1340 g/mol. The maximum atomic E-state index is 14.4. The average Bonchev–Trinajstić information content (AvgIpc) is 1.79. The first-order valence-electron chi connectivity index (χ1n) is 33.7. The Morgan fingerprint density at radius 3 is 2.29 bits per heavy atom. The van der Waals surface area contributed by atoms with Gasteiger partial charge in [-0.1, -0.05) is 123 Å². The molecule has 3 fully saturated rings. The SMILES string of the molecule is Cc1cc(CNC(=O)c2ccc(N3CCN(CC4=C(c5ccc(Cl)cc5)CCC(C)(C#CC#CCCC(=O)N[C@H](C(=O)N5C[C@H](O)C[C@H]5C(=O)C[C@@H](C)c5ccc(-c6scnc6C)cc5)C(C)(C)C)C4)CC3)cc2)ccc1N[C@H](CCN1CCOCC1)CSc1ccccc1. The molecule has 4 N–H and O–H groups in total. The fraction of sp³-hybridized carbons (Fsp3) is 0.449. The number of ether oxygens (including phenoxy) is 1. The number of aliphatic hydroxyl groups is 1. The molecule has 500 valence electrons. The number of morpholine rings is 1. The maximum absolute atomic E-state index is 14.4. The molecule has 0 bridgehead atoms. The Morgan fingerprint density at radius 1 is 0.874 bits per heavy atom. The molecule has 0 radical (unpaired) electrons. The Labute approximate surface area is 576 Å². The molecule has 95 heavy (non-hydrogen) atoms. The lowest BCUT2D eigenvalue weighted by Gasteiger charge is -2.39. The number of allylic oxidation sites excluding steroid dienone is 1. The van der Waals surface area contributed by atoms with Gasteiger partial charge >= 0.3 is 0 Å². The van der Waals surface area contributed by atoms with Gasteiger partial charge in [0.2, 0.25) is 11.8 Å². The summed E-state index contributed by atoms with van der Waals surface area (Å²) in [4.78, 5) is 71.1. The summed E-state index contributed by atoms with van der Waals surface area (Å²) in [5.74, 6) is 12.8. The van der Waals surface area contributed by atoms with Crippen LogP contribution in [0, 0.1) is 48.4 Å². The highest BCUT2D eigenvalue weighted by molar-refractivity contribution is 7.99. The number of β-amino-alcohol motifs (C(OH)–C–C–N with tert-alkyl or cyclic N) is 1. The molecule has 6 aromatic rings.